The van der Waals surface area contributed by atoms with Crippen LogP contribution in [-0.4, -0.2) is 22.3 Å². The van der Waals surface area contributed by atoms with Crippen LogP contribution in [0.25, 0.3) is 6.08 Å². The number of nitrogens with zero attached hydrogens (tertiary/aromatic N) is 2. The standard InChI is InChI=1S/C24H17ClN2O5/c25-20-7-2-1-5-16(20)12-26-13-19-21(31-14-26)9-8-18-23(28)22(32-24(18)19)11-15-4-3-6-17(10-15)27(29)30/h1-11H,12-14H2/b22-11-. The summed E-state index contributed by atoms with van der Waals surface area (Å²) in [7, 11) is 0. The second-order valence-corrected chi connectivity index (χ2v) is 7.97. The molecule has 2 aliphatic heterocycles. The molecule has 0 radical (unpaired) electrons. The highest BCUT2D eigenvalue weighted by Gasteiger charge is 2.33. The van der Waals surface area contributed by atoms with Crippen molar-refractivity contribution in [1.82, 2.24) is 4.90 Å². The third kappa shape index (κ3) is 3.72. The molecule has 0 unspecified atom stereocenters. The van der Waals surface area contributed by atoms with Gasteiger partial charge in [0.25, 0.3) is 5.69 Å². The van der Waals surface area contributed by atoms with Gasteiger partial charge < -0.3 is 9.47 Å². The minimum atomic E-state index is -0.477. The van der Waals surface area contributed by atoms with Crippen LogP contribution in [0.15, 0.2) is 66.4 Å². The third-order valence-corrected chi connectivity index (χ3v) is 5.78. The van der Waals surface area contributed by atoms with Gasteiger partial charge in [0.1, 0.15) is 18.2 Å². The summed E-state index contributed by atoms with van der Waals surface area (Å²) in [6, 6.07) is 17.1. The average molecular weight is 449 g/mol. The first-order valence-electron chi connectivity index (χ1n) is 9.93. The number of ketones is 1. The molecular weight excluding hydrogens is 432 g/mol. The number of hydrogen-bond acceptors (Lipinski definition) is 6. The van der Waals surface area contributed by atoms with Gasteiger partial charge in [0.2, 0.25) is 5.78 Å². The predicted molar refractivity (Wildman–Crippen MR) is 119 cm³/mol. The molecule has 0 aromatic heterocycles. The largest absolute Gasteiger partial charge is 0.478 e. The van der Waals surface area contributed by atoms with Crippen LogP contribution in [-0.2, 0) is 13.1 Å². The minimum absolute atomic E-state index is 0.0525. The number of Topliss-reactive ketones (excluding diaryl/α,β-unsaturated/α-hetero) is 1. The molecule has 3 aromatic carbocycles. The van der Waals surface area contributed by atoms with E-state index in [4.69, 9.17) is 21.1 Å². The molecule has 0 amide bonds. The Morgan fingerprint density at radius 1 is 1.12 bits per heavy atom. The zero-order chi connectivity index (χ0) is 22.2. The average Bonchev–Trinajstić information content (AvgIpc) is 3.11. The normalized spacial score (nSPS) is 16.3. The Hall–Kier alpha value is -3.68. The Morgan fingerprint density at radius 3 is 2.78 bits per heavy atom. The lowest BCUT2D eigenvalue weighted by molar-refractivity contribution is -0.384. The molecule has 0 fully saturated rings. The van der Waals surface area contributed by atoms with Crippen molar-refractivity contribution in [3.8, 4) is 11.5 Å². The highest BCUT2D eigenvalue weighted by molar-refractivity contribution is 6.31. The topological polar surface area (TPSA) is 81.9 Å². The maximum atomic E-state index is 12.9. The van der Waals surface area contributed by atoms with E-state index in [0.29, 0.717) is 47.5 Å². The van der Waals surface area contributed by atoms with Crippen molar-refractivity contribution in [2.24, 2.45) is 0 Å². The zero-order valence-electron chi connectivity index (χ0n) is 16.8. The van der Waals surface area contributed by atoms with Crippen molar-refractivity contribution < 1.29 is 19.2 Å². The number of hydrogen-bond donors (Lipinski definition) is 0. The number of nitro benzene ring substituents is 1. The van der Waals surface area contributed by atoms with Gasteiger partial charge in [-0.2, -0.15) is 0 Å². The van der Waals surface area contributed by atoms with Crippen molar-refractivity contribution in [2.75, 3.05) is 6.73 Å². The number of carbonyl (C=O) groups is 1. The first kappa shape index (κ1) is 20.2. The number of fused-ring (bicyclic) bond motifs is 3. The molecule has 0 spiro atoms. The Balaban J connectivity index is 1.43. The second-order valence-electron chi connectivity index (χ2n) is 7.56. The van der Waals surface area contributed by atoms with Crippen LogP contribution in [0.5, 0.6) is 11.5 Å². The Morgan fingerprint density at radius 2 is 1.97 bits per heavy atom. The minimum Gasteiger partial charge on any atom is -0.478 e. The van der Waals surface area contributed by atoms with Gasteiger partial charge >= 0.3 is 0 Å². The maximum Gasteiger partial charge on any atom is 0.270 e. The predicted octanol–water partition coefficient (Wildman–Crippen LogP) is 5.22. The molecule has 2 aliphatic rings. The van der Waals surface area contributed by atoms with Crippen molar-refractivity contribution in [3.63, 3.8) is 0 Å². The molecule has 32 heavy (non-hydrogen) atoms. The van der Waals surface area contributed by atoms with Crippen LogP contribution in [0.3, 0.4) is 0 Å². The summed E-state index contributed by atoms with van der Waals surface area (Å²) in [5.74, 6) is 0.992. The van der Waals surface area contributed by atoms with Gasteiger partial charge in [-0.3, -0.25) is 19.8 Å². The van der Waals surface area contributed by atoms with Crippen molar-refractivity contribution in [1.29, 1.82) is 0 Å². The van der Waals surface area contributed by atoms with Gasteiger partial charge in [-0.05, 0) is 35.4 Å². The summed E-state index contributed by atoms with van der Waals surface area (Å²) in [6.07, 6.45) is 1.52. The summed E-state index contributed by atoms with van der Waals surface area (Å²) in [5, 5.41) is 11.7. The number of rotatable bonds is 4. The molecule has 0 aliphatic carbocycles. The van der Waals surface area contributed by atoms with Crippen LogP contribution >= 0.6 is 11.6 Å². The van der Waals surface area contributed by atoms with E-state index >= 15 is 0 Å². The van der Waals surface area contributed by atoms with Gasteiger partial charge in [0.05, 0.1) is 16.1 Å². The fourth-order valence-electron chi connectivity index (χ4n) is 3.85. The molecule has 8 heteroatoms. The first-order valence-corrected chi connectivity index (χ1v) is 10.3. The number of halogens is 1. The summed E-state index contributed by atoms with van der Waals surface area (Å²) in [6.45, 7) is 1.51. The number of allylic oxidation sites excluding steroid dienone is 1. The summed E-state index contributed by atoms with van der Waals surface area (Å²) in [4.78, 5) is 25.6. The van der Waals surface area contributed by atoms with Gasteiger partial charge in [0, 0.05) is 30.2 Å². The lowest BCUT2D eigenvalue weighted by atomic mass is 10.0. The summed E-state index contributed by atoms with van der Waals surface area (Å²) in [5.41, 5.74) is 2.68. The van der Waals surface area contributed by atoms with Crippen molar-refractivity contribution >= 4 is 29.1 Å². The van der Waals surface area contributed by atoms with Crippen LogP contribution in [0.2, 0.25) is 5.02 Å². The van der Waals surface area contributed by atoms with Gasteiger partial charge in [-0.25, -0.2) is 0 Å². The van der Waals surface area contributed by atoms with Crippen LogP contribution in [0, 0.1) is 10.1 Å². The van der Waals surface area contributed by atoms with Gasteiger partial charge in [0.15, 0.2) is 5.76 Å². The monoisotopic (exact) mass is 448 g/mol. The van der Waals surface area contributed by atoms with E-state index in [1.807, 2.05) is 24.3 Å². The Kier molecular flexibility index (Phi) is 5.13. The SMILES string of the molecule is O=C1/C(=C/c2cccc([N+](=O)[O-])c2)Oc2c1ccc1c2CN(Cc2ccccc2Cl)CO1. The van der Waals surface area contributed by atoms with Crippen molar-refractivity contribution in [3.05, 3.63) is 104 Å². The zero-order valence-corrected chi connectivity index (χ0v) is 17.5. The molecule has 0 saturated carbocycles. The Labute approximate surface area is 188 Å². The van der Waals surface area contributed by atoms with E-state index in [-0.39, 0.29) is 17.2 Å². The van der Waals surface area contributed by atoms with E-state index in [2.05, 4.69) is 4.90 Å². The number of nitro groups is 1. The summed E-state index contributed by atoms with van der Waals surface area (Å²) < 4.78 is 11.9. The molecule has 0 N–H and O–H groups in total. The quantitative estimate of drug-likeness (QED) is 0.309. The number of ether oxygens (including phenoxy) is 2. The molecular formula is C24H17ClN2O5. The maximum absolute atomic E-state index is 12.9. The first-order chi connectivity index (χ1) is 15.5. The molecule has 7 nitrogen and oxygen atoms in total. The molecule has 0 saturated heterocycles. The van der Waals surface area contributed by atoms with Crippen LogP contribution < -0.4 is 9.47 Å². The van der Waals surface area contributed by atoms with E-state index < -0.39 is 4.92 Å². The highest BCUT2D eigenvalue weighted by Crippen LogP contribution is 2.42. The number of carbonyl (C=O) groups excluding carboxylic acids is 1. The molecule has 5 rings (SSSR count). The van der Waals surface area contributed by atoms with E-state index in [9.17, 15) is 14.9 Å². The Bertz CT molecular complexity index is 1290. The molecule has 3 aromatic rings. The number of non-ortho nitro benzene ring substituents is 1. The fourth-order valence-corrected chi connectivity index (χ4v) is 4.05. The molecule has 0 atom stereocenters. The van der Waals surface area contributed by atoms with E-state index in [0.717, 1.165) is 11.1 Å². The number of benzene rings is 3. The highest BCUT2D eigenvalue weighted by atomic mass is 35.5. The van der Waals surface area contributed by atoms with E-state index in [1.165, 1.54) is 18.2 Å². The lowest BCUT2D eigenvalue weighted by Crippen LogP contribution is -2.31. The second kappa shape index (κ2) is 8.11. The molecule has 2 heterocycles. The lowest BCUT2D eigenvalue weighted by Gasteiger charge is -2.30. The molecule has 0 bridgehead atoms. The smallest absolute Gasteiger partial charge is 0.270 e. The van der Waals surface area contributed by atoms with Gasteiger partial charge in [-0.15, -0.1) is 0 Å². The summed E-state index contributed by atoms with van der Waals surface area (Å²) >= 11 is 6.30. The van der Waals surface area contributed by atoms with Crippen LogP contribution in [0.1, 0.15) is 27.0 Å². The third-order valence-electron chi connectivity index (χ3n) is 5.41. The van der Waals surface area contributed by atoms with E-state index in [1.54, 1.807) is 24.3 Å². The van der Waals surface area contributed by atoms with Crippen molar-refractivity contribution in [2.45, 2.75) is 13.1 Å². The van der Waals surface area contributed by atoms with Crippen LogP contribution in [0.4, 0.5) is 5.69 Å². The molecule has 160 valence electrons. The fraction of sp³-hybridized carbons (Fsp3) is 0.125. The van der Waals surface area contributed by atoms with Gasteiger partial charge in [-0.1, -0.05) is 41.9 Å².